The van der Waals surface area contributed by atoms with Gasteiger partial charge in [0.15, 0.2) is 18.1 Å². The van der Waals surface area contributed by atoms with Gasteiger partial charge in [0.1, 0.15) is 0 Å². The number of hydrogen-bond donors (Lipinski definition) is 3. The molecule has 0 heterocycles. The minimum Gasteiger partial charge on any atom is -0.493 e. The summed E-state index contributed by atoms with van der Waals surface area (Å²) in [6.07, 6.45) is 1.35. The van der Waals surface area contributed by atoms with Gasteiger partial charge in [0.2, 0.25) is 0 Å². The summed E-state index contributed by atoms with van der Waals surface area (Å²) in [6, 6.07) is 9.03. The van der Waals surface area contributed by atoms with E-state index in [1.807, 2.05) is 32.0 Å². The molecule has 2 aromatic rings. The van der Waals surface area contributed by atoms with Crippen LogP contribution in [0.1, 0.15) is 23.6 Å². The molecule has 2 rings (SSSR count). The Balaban J connectivity index is 2.03. The van der Waals surface area contributed by atoms with Crippen LogP contribution >= 0.6 is 15.9 Å². The summed E-state index contributed by atoms with van der Waals surface area (Å²) < 4.78 is 11.5. The molecule has 2 aromatic carbocycles. The topological polar surface area (TPSA) is 118 Å². The van der Waals surface area contributed by atoms with Crippen LogP contribution in [0.25, 0.3) is 0 Å². The van der Waals surface area contributed by atoms with E-state index in [0.717, 1.165) is 16.8 Å². The average molecular weight is 505 g/mol. The zero-order valence-electron chi connectivity index (χ0n) is 18.2. The molecule has 9 nitrogen and oxygen atoms in total. The van der Waals surface area contributed by atoms with Crippen LogP contribution in [-0.2, 0) is 14.4 Å². The van der Waals surface area contributed by atoms with Crippen LogP contribution in [0.4, 0.5) is 5.69 Å². The maximum absolute atomic E-state index is 12.3. The van der Waals surface area contributed by atoms with Crippen molar-refractivity contribution in [1.29, 1.82) is 0 Å². The number of aryl methyl sites for hydroxylation is 2. The van der Waals surface area contributed by atoms with Gasteiger partial charge in [-0.25, -0.2) is 5.43 Å². The monoisotopic (exact) mass is 504 g/mol. The molecule has 32 heavy (non-hydrogen) atoms. The maximum Gasteiger partial charge on any atom is 0.329 e. The Morgan fingerprint density at radius 1 is 1.12 bits per heavy atom. The minimum atomic E-state index is -0.871. The van der Waals surface area contributed by atoms with Crippen molar-refractivity contribution in [3.63, 3.8) is 0 Å². The molecule has 0 aliphatic carbocycles. The van der Waals surface area contributed by atoms with Crippen molar-refractivity contribution in [2.75, 3.05) is 25.6 Å². The van der Waals surface area contributed by atoms with E-state index in [2.05, 4.69) is 37.1 Å². The highest BCUT2D eigenvalue weighted by Crippen LogP contribution is 2.36. The Labute approximate surface area is 194 Å². The van der Waals surface area contributed by atoms with Crippen molar-refractivity contribution in [2.45, 2.75) is 20.8 Å². The second kappa shape index (κ2) is 11.8. The van der Waals surface area contributed by atoms with Crippen molar-refractivity contribution in [1.82, 2.24) is 10.7 Å². The third kappa shape index (κ3) is 7.09. The molecule has 10 heteroatoms. The standard InChI is InChI=1S/C22H25BrN4O5/c1-5-24-21(29)22(30)27-25-11-15-9-16(23)20(18(10-15)31-4)32-12-19(28)26-17-7-6-13(2)8-14(17)3/h6-11H,5,12H2,1-4H3,(H,24,29)(H,26,28)(H,27,30)/b25-11-. The molecule has 3 N–H and O–H groups in total. The average Bonchev–Trinajstić information content (AvgIpc) is 2.74. The zero-order chi connectivity index (χ0) is 23.7. The van der Waals surface area contributed by atoms with E-state index < -0.39 is 11.8 Å². The largest absolute Gasteiger partial charge is 0.493 e. The lowest BCUT2D eigenvalue weighted by atomic mass is 10.1. The van der Waals surface area contributed by atoms with Crippen LogP contribution in [-0.4, -0.2) is 44.2 Å². The van der Waals surface area contributed by atoms with Crippen LogP contribution < -0.4 is 25.5 Å². The van der Waals surface area contributed by atoms with Gasteiger partial charge in [-0.2, -0.15) is 5.10 Å². The molecule has 0 aliphatic heterocycles. The number of nitrogens with zero attached hydrogens (tertiary/aromatic N) is 1. The molecular formula is C22H25BrN4O5. The summed E-state index contributed by atoms with van der Waals surface area (Å²) in [4.78, 5) is 35.3. The number of hydrazone groups is 1. The van der Waals surface area contributed by atoms with Gasteiger partial charge in [-0.1, -0.05) is 17.7 Å². The molecule has 0 saturated carbocycles. The van der Waals surface area contributed by atoms with E-state index in [1.54, 1.807) is 19.1 Å². The molecule has 0 saturated heterocycles. The Kier molecular flexibility index (Phi) is 9.21. The second-order valence-electron chi connectivity index (χ2n) is 6.75. The SMILES string of the molecule is CCNC(=O)C(=O)N/N=C\c1cc(Br)c(OCC(=O)Nc2ccc(C)cc2C)c(OC)c1. The molecule has 0 aromatic heterocycles. The Morgan fingerprint density at radius 3 is 2.53 bits per heavy atom. The minimum absolute atomic E-state index is 0.224. The van der Waals surface area contributed by atoms with E-state index in [1.165, 1.54) is 13.3 Å². The summed E-state index contributed by atoms with van der Waals surface area (Å²) in [5, 5.41) is 8.95. The number of halogens is 1. The first-order valence-corrected chi connectivity index (χ1v) is 10.5. The highest BCUT2D eigenvalue weighted by molar-refractivity contribution is 9.10. The fourth-order valence-corrected chi connectivity index (χ4v) is 3.26. The lowest BCUT2D eigenvalue weighted by Crippen LogP contribution is -2.37. The predicted molar refractivity (Wildman–Crippen MR) is 125 cm³/mol. The zero-order valence-corrected chi connectivity index (χ0v) is 19.8. The third-order valence-electron chi connectivity index (χ3n) is 4.18. The van der Waals surface area contributed by atoms with Crippen LogP contribution in [0.5, 0.6) is 11.5 Å². The highest BCUT2D eigenvalue weighted by Gasteiger charge is 2.14. The molecule has 0 fully saturated rings. The molecule has 0 bridgehead atoms. The number of nitrogens with one attached hydrogen (secondary N) is 3. The molecule has 0 unspecified atom stereocenters. The quantitative estimate of drug-likeness (QED) is 0.290. The van der Waals surface area contributed by atoms with Gasteiger partial charge in [0, 0.05) is 12.2 Å². The molecule has 0 spiro atoms. The van der Waals surface area contributed by atoms with Crippen molar-refractivity contribution in [3.8, 4) is 11.5 Å². The summed E-state index contributed by atoms with van der Waals surface area (Å²) in [5.41, 5.74) is 5.49. The Hall–Kier alpha value is -3.40. The normalized spacial score (nSPS) is 10.5. The number of hydrogen-bond acceptors (Lipinski definition) is 6. The number of carbonyl (C=O) groups is 3. The van der Waals surface area contributed by atoms with E-state index in [0.29, 0.717) is 28.1 Å². The van der Waals surface area contributed by atoms with Crippen molar-refractivity contribution in [2.24, 2.45) is 5.10 Å². The number of rotatable bonds is 8. The van der Waals surface area contributed by atoms with E-state index in [4.69, 9.17) is 9.47 Å². The van der Waals surface area contributed by atoms with Crippen LogP contribution in [0.3, 0.4) is 0 Å². The van der Waals surface area contributed by atoms with Crippen LogP contribution in [0.2, 0.25) is 0 Å². The summed E-state index contributed by atoms with van der Waals surface area (Å²) >= 11 is 3.39. The summed E-state index contributed by atoms with van der Waals surface area (Å²) in [7, 11) is 1.46. The highest BCUT2D eigenvalue weighted by atomic mass is 79.9. The number of anilines is 1. The number of ether oxygens (including phenoxy) is 2. The van der Waals surface area contributed by atoms with E-state index in [9.17, 15) is 14.4 Å². The molecular weight excluding hydrogens is 480 g/mol. The van der Waals surface area contributed by atoms with Crippen LogP contribution in [0, 0.1) is 13.8 Å². The lowest BCUT2D eigenvalue weighted by Gasteiger charge is -2.14. The smallest absolute Gasteiger partial charge is 0.329 e. The number of benzene rings is 2. The molecule has 0 aliphatic rings. The first kappa shape index (κ1) is 24.9. The number of methoxy groups -OCH3 is 1. The van der Waals surface area contributed by atoms with Gasteiger partial charge < -0.3 is 20.1 Å². The fourth-order valence-electron chi connectivity index (χ4n) is 2.69. The summed E-state index contributed by atoms with van der Waals surface area (Å²) in [6.45, 7) is 5.72. The molecule has 3 amide bonds. The molecule has 170 valence electrons. The third-order valence-corrected chi connectivity index (χ3v) is 4.77. The second-order valence-corrected chi connectivity index (χ2v) is 7.60. The van der Waals surface area contributed by atoms with Crippen LogP contribution in [0.15, 0.2) is 39.9 Å². The van der Waals surface area contributed by atoms with E-state index in [-0.39, 0.29) is 12.5 Å². The predicted octanol–water partition coefficient (Wildman–Crippen LogP) is 2.68. The Morgan fingerprint density at radius 2 is 1.88 bits per heavy atom. The van der Waals surface area contributed by atoms with Gasteiger partial charge in [-0.05, 0) is 66.0 Å². The Bertz CT molecular complexity index is 1040. The maximum atomic E-state index is 12.3. The van der Waals surface area contributed by atoms with Gasteiger partial charge in [-0.3, -0.25) is 14.4 Å². The summed E-state index contributed by atoms with van der Waals surface area (Å²) in [5.74, 6) is -1.26. The van der Waals surface area contributed by atoms with Gasteiger partial charge in [0.25, 0.3) is 5.91 Å². The number of carbonyl (C=O) groups excluding carboxylic acids is 3. The number of likely N-dealkylation sites (N-methyl/N-ethyl adjacent to an activating group) is 1. The fraction of sp³-hybridized carbons (Fsp3) is 0.273. The van der Waals surface area contributed by atoms with Gasteiger partial charge >= 0.3 is 11.8 Å². The molecule has 0 atom stereocenters. The van der Waals surface area contributed by atoms with Crippen molar-refractivity contribution >= 4 is 45.6 Å². The first-order chi connectivity index (χ1) is 15.2. The first-order valence-electron chi connectivity index (χ1n) is 9.73. The van der Waals surface area contributed by atoms with Crippen molar-refractivity contribution < 1.29 is 23.9 Å². The molecule has 0 radical (unpaired) electrons. The number of amides is 3. The van der Waals surface area contributed by atoms with Gasteiger partial charge in [0.05, 0.1) is 17.8 Å². The lowest BCUT2D eigenvalue weighted by molar-refractivity contribution is -0.139. The van der Waals surface area contributed by atoms with Gasteiger partial charge in [-0.15, -0.1) is 0 Å². The van der Waals surface area contributed by atoms with E-state index >= 15 is 0 Å². The van der Waals surface area contributed by atoms with Crippen molar-refractivity contribution in [3.05, 3.63) is 51.5 Å².